The molecular weight excluding hydrogens is 459 g/mol. The van der Waals surface area contributed by atoms with Gasteiger partial charge in [0.15, 0.2) is 0 Å². The fourth-order valence-electron chi connectivity index (χ4n) is 4.83. The van der Waals surface area contributed by atoms with Gasteiger partial charge in [0, 0.05) is 57.0 Å². The molecule has 1 unspecified atom stereocenters. The molecule has 2 heterocycles. The van der Waals surface area contributed by atoms with E-state index in [2.05, 4.69) is 5.32 Å². The summed E-state index contributed by atoms with van der Waals surface area (Å²) < 4.78 is 14.4. The van der Waals surface area contributed by atoms with Gasteiger partial charge in [0.2, 0.25) is 5.91 Å². The average Bonchev–Trinajstić information content (AvgIpc) is 2.88. The van der Waals surface area contributed by atoms with Gasteiger partial charge in [-0.25, -0.2) is 4.39 Å². The van der Waals surface area contributed by atoms with Gasteiger partial charge in [-0.3, -0.25) is 14.4 Å². The highest BCUT2D eigenvalue weighted by molar-refractivity contribution is 6.06. The lowest BCUT2D eigenvalue weighted by Crippen LogP contribution is -2.58. The Hall–Kier alpha value is -4.20. The van der Waals surface area contributed by atoms with Gasteiger partial charge in [-0.15, -0.1) is 0 Å². The van der Waals surface area contributed by atoms with E-state index in [1.165, 1.54) is 6.07 Å². The third kappa shape index (κ3) is 4.42. The molecule has 0 aromatic heterocycles. The topological polar surface area (TPSA) is 73.0 Å². The molecule has 2 aliphatic heterocycles. The van der Waals surface area contributed by atoms with E-state index >= 15 is 0 Å². The summed E-state index contributed by atoms with van der Waals surface area (Å²) in [6, 6.07) is 18.2. The summed E-state index contributed by atoms with van der Waals surface area (Å²) in [6.45, 7) is 0.928. The van der Waals surface area contributed by atoms with Crippen molar-refractivity contribution in [1.82, 2.24) is 9.80 Å². The number of piperazine rings is 1. The fraction of sp³-hybridized carbons (Fsp3) is 0.250. The molecule has 1 saturated heterocycles. The number of nitrogens with zero attached hydrogens (tertiary/aromatic N) is 3. The fourth-order valence-corrected chi connectivity index (χ4v) is 4.83. The Morgan fingerprint density at radius 2 is 1.72 bits per heavy atom. The molecule has 1 N–H and O–H groups in total. The number of amides is 3. The Kier molecular flexibility index (Phi) is 6.18. The second kappa shape index (κ2) is 9.45. The van der Waals surface area contributed by atoms with Gasteiger partial charge in [0.05, 0.1) is 17.3 Å². The Morgan fingerprint density at radius 1 is 0.972 bits per heavy atom. The van der Waals surface area contributed by atoms with Crippen LogP contribution >= 0.6 is 0 Å². The maximum absolute atomic E-state index is 14.4. The Bertz CT molecular complexity index is 1340. The number of hydrogen-bond donors (Lipinski definition) is 1. The number of fused-ring (bicyclic) bond motifs is 2. The van der Waals surface area contributed by atoms with Crippen LogP contribution in [-0.4, -0.2) is 67.3 Å². The number of nitrogens with one attached hydrogen (secondary N) is 1. The summed E-state index contributed by atoms with van der Waals surface area (Å²) in [5.74, 6) is -0.988. The second-order valence-corrected chi connectivity index (χ2v) is 9.34. The number of anilines is 2. The Labute approximate surface area is 209 Å². The first kappa shape index (κ1) is 23.5. The van der Waals surface area contributed by atoms with Crippen LogP contribution in [0.25, 0.3) is 11.1 Å². The van der Waals surface area contributed by atoms with E-state index in [4.69, 9.17) is 0 Å². The first-order valence-corrected chi connectivity index (χ1v) is 11.9. The van der Waals surface area contributed by atoms with E-state index < -0.39 is 6.04 Å². The number of rotatable bonds is 3. The molecule has 8 heteroatoms. The molecule has 3 aromatic carbocycles. The zero-order valence-electron chi connectivity index (χ0n) is 20.2. The highest BCUT2D eigenvalue weighted by Crippen LogP contribution is 2.31. The molecule has 184 valence electrons. The molecule has 0 spiro atoms. The summed E-state index contributed by atoms with van der Waals surface area (Å²) in [5.41, 5.74) is 3.22. The maximum Gasteiger partial charge on any atom is 0.256 e. The molecule has 0 aliphatic carbocycles. The van der Waals surface area contributed by atoms with Crippen LogP contribution in [-0.2, 0) is 4.79 Å². The van der Waals surface area contributed by atoms with Crippen molar-refractivity contribution in [3.05, 3.63) is 83.7 Å². The van der Waals surface area contributed by atoms with Gasteiger partial charge >= 0.3 is 0 Å². The van der Waals surface area contributed by atoms with Crippen molar-refractivity contribution in [3.8, 4) is 11.1 Å². The first-order chi connectivity index (χ1) is 17.3. The largest absolute Gasteiger partial charge is 0.378 e. The van der Waals surface area contributed by atoms with Crippen molar-refractivity contribution < 1.29 is 18.8 Å². The second-order valence-electron chi connectivity index (χ2n) is 9.34. The Balaban J connectivity index is 1.40. The van der Waals surface area contributed by atoms with Crippen LogP contribution in [0.5, 0.6) is 0 Å². The molecule has 1 fully saturated rings. The summed E-state index contributed by atoms with van der Waals surface area (Å²) in [5, 5.41) is 2.82. The highest BCUT2D eigenvalue weighted by atomic mass is 19.1. The number of carbonyl (C=O) groups is 3. The molecule has 3 amide bonds. The minimum Gasteiger partial charge on any atom is -0.378 e. The van der Waals surface area contributed by atoms with Crippen LogP contribution in [0.4, 0.5) is 15.8 Å². The minimum atomic E-state index is -0.457. The third-order valence-electron chi connectivity index (χ3n) is 6.79. The maximum atomic E-state index is 14.4. The van der Waals surface area contributed by atoms with Crippen LogP contribution < -0.4 is 10.2 Å². The molecule has 2 aliphatic rings. The van der Waals surface area contributed by atoms with E-state index in [1.54, 1.807) is 58.3 Å². The molecule has 0 saturated carbocycles. The van der Waals surface area contributed by atoms with Crippen molar-refractivity contribution in [2.45, 2.75) is 12.5 Å². The predicted octanol–water partition coefficient (Wildman–Crippen LogP) is 3.87. The van der Waals surface area contributed by atoms with Gasteiger partial charge < -0.3 is 20.0 Å². The van der Waals surface area contributed by atoms with Crippen molar-refractivity contribution >= 4 is 29.1 Å². The summed E-state index contributed by atoms with van der Waals surface area (Å²) in [7, 11) is 3.87. The zero-order valence-corrected chi connectivity index (χ0v) is 20.2. The lowest BCUT2D eigenvalue weighted by Gasteiger charge is -2.42. The highest BCUT2D eigenvalue weighted by Gasteiger charge is 2.37. The number of carbonyl (C=O) groups excluding carboxylic acids is 3. The van der Waals surface area contributed by atoms with Gasteiger partial charge in [-0.05, 0) is 48.0 Å². The molecule has 1 atom stereocenters. The standard InChI is InChI=1S/C28H27FN4O3/c1-31(2)20-10-7-18(8-11-20)27(35)32-13-14-33-21(17-32)16-26(34)30-25-12-9-19(15-23(25)28(33)36)22-5-3-4-6-24(22)29/h3-12,15,21H,13-14,16-17H2,1-2H3,(H,30,34). The van der Waals surface area contributed by atoms with Gasteiger partial charge in [-0.2, -0.15) is 0 Å². The van der Waals surface area contributed by atoms with Crippen LogP contribution in [0.1, 0.15) is 27.1 Å². The molecule has 0 bridgehead atoms. The van der Waals surface area contributed by atoms with E-state index in [9.17, 15) is 18.8 Å². The van der Waals surface area contributed by atoms with Crippen LogP contribution in [0.2, 0.25) is 0 Å². The van der Waals surface area contributed by atoms with E-state index in [-0.39, 0.29) is 36.5 Å². The monoisotopic (exact) mass is 486 g/mol. The van der Waals surface area contributed by atoms with Crippen molar-refractivity contribution in [3.63, 3.8) is 0 Å². The number of benzene rings is 3. The van der Waals surface area contributed by atoms with Gasteiger partial charge in [-0.1, -0.05) is 24.3 Å². The average molecular weight is 487 g/mol. The smallest absolute Gasteiger partial charge is 0.256 e. The summed E-state index contributed by atoms with van der Waals surface area (Å²) >= 11 is 0. The SMILES string of the molecule is CN(C)c1ccc(C(=O)N2CCN3C(=O)c4cc(-c5ccccc5F)ccc4NC(=O)CC3C2)cc1. The molecule has 5 rings (SSSR count). The number of hydrogen-bond acceptors (Lipinski definition) is 4. The summed E-state index contributed by atoms with van der Waals surface area (Å²) in [6.07, 6.45) is 0.0869. The quantitative estimate of drug-likeness (QED) is 0.610. The molecule has 3 aromatic rings. The zero-order chi connectivity index (χ0) is 25.4. The predicted molar refractivity (Wildman–Crippen MR) is 137 cm³/mol. The normalized spacial score (nSPS) is 17.5. The molecule has 7 nitrogen and oxygen atoms in total. The van der Waals surface area contributed by atoms with E-state index in [0.717, 1.165) is 5.69 Å². The molecule has 36 heavy (non-hydrogen) atoms. The first-order valence-electron chi connectivity index (χ1n) is 11.9. The number of halogens is 1. The van der Waals surface area contributed by atoms with E-state index in [1.807, 2.05) is 31.1 Å². The minimum absolute atomic E-state index is 0.0869. The van der Waals surface area contributed by atoms with Crippen LogP contribution in [0.15, 0.2) is 66.7 Å². The lowest BCUT2D eigenvalue weighted by molar-refractivity contribution is -0.117. The van der Waals surface area contributed by atoms with Crippen molar-refractivity contribution in [2.75, 3.05) is 43.9 Å². The lowest BCUT2D eigenvalue weighted by atomic mass is 9.97. The van der Waals surface area contributed by atoms with Gasteiger partial charge in [0.25, 0.3) is 11.8 Å². The van der Waals surface area contributed by atoms with E-state index in [0.29, 0.717) is 41.0 Å². The Morgan fingerprint density at radius 3 is 2.44 bits per heavy atom. The molecular formula is C28H27FN4O3. The van der Waals surface area contributed by atoms with Crippen molar-refractivity contribution in [2.24, 2.45) is 0 Å². The van der Waals surface area contributed by atoms with Crippen molar-refractivity contribution in [1.29, 1.82) is 0 Å². The summed E-state index contributed by atoms with van der Waals surface area (Å²) in [4.78, 5) is 44.9. The third-order valence-corrected chi connectivity index (χ3v) is 6.79. The van der Waals surface area contributed by atoms with Crippen LogP contribution in [0, 0.1) is 5.82 Å². The molecule has 0 radical (unpaired) electrons. The van der Waals surface area contributed by atoms with Gasteiger partial charge in [0.1, 0.15) is 5.82 Å². The van der Waals surface area contributed by atoms with Crippen LogP contribution in [0.3, 0.4) is 0 Å².